The lowest BCUT2D eigenvalue weighted by Crippen LogP contribution is -2.33. The number of carbonyl (C=O) groups is 1. The van der Waals surface area contributed by atoms with Gasteiger partial charge in [0.15, 0.2) is 0 Å². The van der Waals surface area contributed by atoms with Crippen LogP contribution in [0.3, 0.4) is 0 Å². The van der Waals surface area contributed by atoms with Gasteiger partial charge in [0, 0.05) is 19.0 Å². The maximum absolute atomic E-state index is 11.8. The fraction of sp³-hybridized carbons (Fsp3) is 0.923. The highest BCUT2D eigenvalue weighted by molar-refractivity contribution is 5.79. The molecular weight excluding hydrogens is 216 g/mol. The molecule has 0 aromatic carbocycles. The molecule has 0 saturated heterocycles. The van der Waals surface area contributed by atoms with Crippen LogP contribution in [0, 0.1) is 17.8 Å². The van der Waals surface area contributed by atoms with Gasteiger partial charge in [-0.3, -0.25) is 4.79 Å². The van der Waals surface area contributed by atoms with E-state index in [4.69, 9.17) is 4.74 Å². The molecule has 2 unspecified atom stereocenters. The Morgan fingerprint density at radius 3 is 2.59 bits per heavy atom. The molecule has 2 saturated carbocycles. The molecule has 2 aliphatic carbocycles. The van der Waals surface area contributed by atoms with E-state index < -0.39 is 0 Å². The van der Waals surface area contributed by atoms with Gasteiger partial charge in [-0.25, -0.2) is 0 Å². The summed E-state index contributed by atoms with van der Waals surface area (Å²) >= 11 is 0. The third kappa shape index (κ3) is 3.96. The number of amides is 1. The Balaban J connectivity index is 1.46. The van der Waals surface area contributed by atoms with Crippen molar-refractivity contribution in [2.75, 3.05) is 40.4 Å². The van der Waals surface area contributed by atoms with Crippen molar-refractivity contribution in [1.82, 2.24) is 10.2 Å². The van der Waals surface area contributed by atoms with Gasteiger partial charge in [0.05, 0.1) is 13.2 Å². The minimum Gasteiger partial charge on any atom is -0.378 e. The fourth-order valence-corrected chi connectivity index (χ4v) is 2.67. The maximum Gasteiger partial charge on any atom is 0.223 e. The Morgan fingerprint density at radius 2 is 1.94 bits per heavy atom. The number of likely N-dealkylation sites (N-methyl/N-ethyl adjacent to an activating group) is 1. The van der Waals surface area contributed by atoms with Crippen LogP contribution in [0.4, 0.5) is 0 Å². The summed E-state index contributed by atoms with van der Waals surface area (Å²) < 4.78 is 5.43. The summed E-state index contributed by atoms with van der Waals surface area (Å²) in [6, 6.07) is 0. The zero-order chi connectivity index (χ0) is 12.3. The molecular formula is C13H24N2O2. The van der Waals surface area contributed by atoms with Gasteiger partial charge in [-0.1, -0.05) is 0 Å². The Hall–Kier alpha value is -0.610. The Labute approximate surface area is 104 Å². The summed E-state index contributed by atoms with van der Waals surface area (Å²) in [5.41, 5.74) is 0. The van der Waals surface area contributed by atoms with Crippen molar-refractivity contribution < 1.29 is 9.53 Å². The second-order valence-electron chi connectivity index (χ2n) is 5.63. The molecule has 0 heterocycles. The van der Waals surface area contributed by atoms with E-state index in [0.717, 1.165) is 37.8 Å². The van der Waals surface area contributed by atoms with E-state index in [9.17, 15) is 4.79 Å². The third-order valence-electron chi connectivity index (χ3n) is 3.84. The number of hydrogen-bond donors (Lipinski definition) is 1. The minimum atomic E-state index is 0.244. The van der Waals surface area contributed by atoms with Gasteiger partial charge in [-0.2, -0.15) is 0 Å². The van der Waals surface area contributed by atoms with Crippen molar-refractivity contribution in [2.24, 2.45) is 17.8 Å². The van der Waals surface area contributed by atoms with Gasteiger partial charge < -0.3 is 15.0 Å². The van der Waals surface area contributed by atoms with Crippen LogP contribution in [0.5, 0.6) is 0 Å². The molecule has 0 bridgehead atoms. The van der Waals surface area contributed by atoms with Crippen LogP contribution in [-0.2, 0) is 9.53 Å². The van der Waals surface area contributed by atoms with Crippen LogP contribution in [0.2, 0.25) is 0 Å². The SMILES string of the molecule is CN(C)CCOCCNC(=O)C1CC2CC2C1. The van der Waals surface area contributed by atoms with E-state index in [-0.39, 0.29) is 5.91 Å². The Kier molecular flexibility index (Phi) is 4.40. The molecule has 2 rings (SSSR count). The molecule has 0 radical (unpaired) electrons. The van der Waals surface area contributed by atoms with Crippen molar-refractivity contribution >= 4 is 5.91 Å². The number of hydrogen-bond acceptors (Lipinski definition) is 3. The van der Waals surface area contributed by atoms with Crippen molar-refractivity contribution in [2.45, 2.75) is 19.3 Å². The van der Waals surface area contributed by atoms with Crippen LogP contribution in [0.25, 0.3) is 0 Å². The molecule has 17 heavy (non-hydrogen) atoms. The van der Waals surface area contributed by atoms with Gasteiger partial charge in [0.2, 0.25) is 5.91 Å². The number of nitrogens with zero attached hydrogens (tertiary/aromatic N) is 1. The lowest BCUT2D eigenvalue weighted by atomic mass is 10.0. The van der Waals surface area contributed by atoms with E-state index in [0.29, 0.717) is 19.1 Å². The topological polar surface area (TPSA) is 41.6 Å². The number of fused-ring (bicyclic) bond motifs is 1. The average Bonchev–Trinajstić information content (AvgIpc) is 2.90. The molecule has 98 valence electrons. The first-order valence-electron chi connectivity index (χ1n) is 6.67. The summed E-state index contributed by atoms with van der Waals surface area (Å²) in [4.78, 5) is 13.9. The lowest BCUT2D eigenvalue weighted by Gasteiger charge is -2.13. The predicted molar refractivity (Wildman–Crippen MR) is 66.7 cm³/mol. The average molecular weight is 240 g/mol. The van der Waals surface area contributed by atoms with Crippen LogP contribution in [-0.4, -0.2) is 51.2 Å². The molecule has 0 spiro atoms. The second kappa shape index (κ2) is 5.83. The van der Waals surface area contributed by atoms with E-state index >= 15 is 0 Å². The summed E-state index contributed by atoms with van der Waals surface area (Å²) in [7, 11) is 4.05. The maximum atomic E-state index is 11.8. The minimum absolute atomic E-state index is 0.244. The van der Waals surface area contributed by atoms with Gasteiger partial charge >= 0.3 is 0 Å². The smallest absolute Gasteiger partial charge is 0.223 e. The van der Waals surface area contributed by atoms with Crippen LogP contribution in [0.15, 0.2) is 0 Å². The number of rotatable bonds is 7. The monoisotopic (exact) mass is 240 g/mol. The zero-order valence-corrected chi connectivity index (χ0v) is 10.9. The summed E-state index contributed by atoms with van der Waals surface area (Å²) in [5, 5.41) is 2.98. The fourth-order valence-electron chi connectivity index (χ4n) is 2.67. The van der Waals surface area contributed by atoms with Gasteiger partial charge in [0.25, 0.3) is 0 Å². The molecule has 2 aliphatic rings. The zero-order valence-electron chi connectivity index (χ0n) is 10.9. The van der Waals surface area contributed by atoms with Crippen molar-refractivity contribution in [3.8, 4) is 0 Å². The molecule has 0 aromatic rings. The number of nitrogens with one attached hydrogen (secondary N) is 1. The highest BCUT2D eigenvalue weighted by Gasteiger charge is 2.47. The molecule has 4 heteroatoms. The first kappa shape index (κ1) is 12.8. The van der Waals surface area contributed by atoms with Crippen molar-refractivity contribution in [3.05, 3.63) is 0 Å². The highest BCUT2D eigenvalue weighted by Crippen LogP contribution is 2.54. The first-order chi connectivity index (χ1) is 8.16. The van der Waals surface area contributed by atoms with Crippen molar-refractivity contribution in [3.63, 3.8) is 0 Å². The molecule has 1 amide bonds. The largest absolute Gasteiger partial charge is 0.378 e. The normalized spacial score (nSPS) is 30.4. The molecule has 1 N–H and O–H groups in total. The number of carbonyl (C=O) groups excluding carboxylic acids is 1. The molecule has 4 nitrogen and oxygen atoms in total. The highest BCUT2D eigenvalue weighted by atomic mass is 16.5. The lowest BCUT2D eigenvalue weighted by molar-refractivity contribution is -0.125. The quantitative estimate of drug-likeness (QED) is 0.667. The van der Waals surface area contributed by atoms with Crippen molar-refractivity contribution in [1.29, 1.82) is 0 Å². The Morgan fingerprint density at radius 1 is 1.24 bits per heavy atom. The molecule has 0 aliphatic heterocycles. The second-order valence-corrected chi connectivity index (χ2v) is 5.63. The molecule has 0 aromatic heterocycles. The van der Waals surface area contributed by atoms with Crippen LogP contribution in [0.1, 0.15) is 19.3 Å². The summed E-state index contributed by atoms with van der Waals surface area (Å²) in [6.45, 7) is 2.94. The van der Waals surface area contributed by atoms with Gasteiger partial charge in [-0.15, -0.1) is 0 Å². The third-order valence-corrected chi connectivity index (χ3v) is 3.84. The molecule has 2 atom stereocenters. The van der Waals surface area contributed by atoms with E-state index in [1.807, 2.05) is 14.1 Å². The number of ether oxygens (including phenoxy) is 1. The van der Waals surface area contributed by atoms with Crippen LogP contribution < -0.4 is 5.32 Å². The van der Waals surface area contributed by atoms with Crippen LogP contribution >= 0.6 is 0 Å². The Bertz CT molecular complexity index is 258. The van der Waals surface area contributed by atoms with E-state index in [1.54, 1.807) is 0 Å². The van der Waals surface area contributed by atoms with E-state index in [1.165, 1.54) is 6.42 Å². The summed E-state index contributed by atoms with van der Waals surface area (Å²) in [6.07, 6.45) is 3.62. The van der Waals surface area contributed by atoms with E-state index in [2.05, 4.69) is 10.2 Å². The predicted octanol–water partition coefficient (Wildman–Crippen LogP) is 0.727. The first-order valence-corrected chi connectivity index (χ1v) is 6.67. The van der Waals surface area contributed by atoms with Gasteiger partial charge in [-0.05, 0) is 45.2 Å². The standard InChI is InChI=1S/C13H24N2O2/c1-15(2)4-6-17-5-3-14-13(16)12-8-10-7-11(10)9-12/h10-12H,3-9H2,1-2H3,(H,14,16). The summed E-state index contributed by atoms with van der Waals surface area (Å²) in [5.74, 6) is 2.29. The van der Waals surface area contributed by atoms with Gasteiger partial charge in [0.1, 0.15) is 0 Å². The molecule has 2 fully saturated rings.